The molecule has 0 saturated heterocycles. The third kappa shape index (κ3) is 2.26. The molecule has 1 aliphatic carbocycles. The average Bonchev–Trinajstić information content (AvgIpc) is 2.24. The molecule has 0 heterocycles. The predicted molar refractivity (Wildman–Crippen MR) is 63.4 cm³/mol. The van der Waals surface area contributed by atoms with Crippen LogP contribution in [0.15, 0.2) is 54.3 Å². The molecule has 0 fully saturated rings. The second kappa shape index (κ2) is 4.29. The van der Waals surface area contributed by atoms with Crippen molar-refractivity contribution >= 4 is 0 Å². The van der Waals surface area contributed by atoms with Gasteiger partial charge in [-0.1, -0.05) is 42.5 Å². The Labute approximate surface area is 90.1 Å². The quantitative estimate of drug-likeness (QED) is 0.650. The lowest BCUT2D eigenvalue weighted by molar-refractivity contribution is 0.562. The van der Waals surface area contributed by atoms with Crippen LogP contribution in [0, 0.1) is 0 Å². The molecular formula is C12H17N3. The van der Waals surface area contributed by atoms with E-state index in [1.54, 1.807) is 0 Å². The van der Waals surface area contributed by atoms with E-state index in [1.807, 2.05) is 48.6 Å². The summed E-state index contributed by atoms with van der Waals surface area (Å²) in [6, 6.07) is 10.1. The van der Waals surface area contributed by atoms with E-state index in [0.29, 0.717) is 0 Å². The molecule has 0 amide bonds. The first-order valence-corrected chi connectivity index (χ1v) is 4.70. The van der Waals surface area contributed by atoms with Gasteiger partial charge in [-0.05, 0) is 18.1 Å². The molecule has 0 aromatic heterocycles. The second-order valence-corrected chi connectivity index (χ2v) is 3.65. The standard InChI is InChI=1S/C12H14N2.H3N/c13-11-6-8-12(14,9-7-11)10-4-2-1-3-5-10;/h1-8H,9,13-14H2;1H3. The molecule has 2 rings (SSSR count). The van der Waals surface area contributed by atoms with E-state index >= 15 is 0 Å². The molecule has 0 bridgehead atoms. The number of allylic oxidation sites excluding steroid dienone is 1. The molecule has 1 unspecified atom stereocenters. The highest BCUT2D eigenvalue weighted by Gasteiger charge is 2.24. The maximum Gasteiger partial charge on any atom is 0.0634 e. The van der Waals surface area contributed by atoms with E-state index in [1.165, 1.54) is 0 Å². The normalized spacial score (nSPS) is 24.2. The number of nitrogens with two attached hydrogens (primary N) is 2. The number of hydrogen-bond acceptors (Lipinski definition) is 3. The van der Waals surface area contributed by atoms with Crippen molar-refractivity contribution in [2.24, 2.45) is 11.5 Å². The molecule has 1 aromatic carbocycles. The fourth-order valence-corrected chi connectivity index (χ4v) is 1.63. The highest BCUT2D eigenvalue weighted by molar-refractivity contribution is 5.36. The molecule has 0 radical (unpaired) electrons. The first-order chi connectivity index (χ1) is 6.71. The Morgan fingerprint density at radius 1 is 1.13 bits per heavy atom. The zero-order valence-corrected chi connectivity index (χ0v) is 8.69. The summed E-state index contributed by atoms with van der Waals surface area (Å²) < 4.78 is 0. The van der Waals surface area contributed by atoms with Crippen LogP contribution < -0.4 is 17.6 Å². The summed E-state index contributed by atoms with van der Waals surface area (Å²) in [6.07, 6.45) is 6.57. The van der Waals surface area contributed by atoms with E-state index in [0.717, 1.165) is 17.7 Å². The minimum absolute atomic E-state index is 0. The van der Waals surface area contributed by atoms with Gasteiger partial charge in [0.1, 0.15) is 0 Å². The SMILES string of the molecule is N.NC1=CCC(N)(c2ccccc2)C=C1. The van der Waals surface area contributed by atoms with Gasteiger partial charge >= 0.3 is 0 Å². The van der Waals surface area contributed by atoms with Gasteiger partial charge in [0, 0.05) is 5.70 Å². The molecule has 1 aromatic rings. The second-order valence-electron chi connectivity index (χ2n) is 3.65. The Balaban J connectivity index is 0.00000112. The Morgan fingerprint density at radius 3 is 2.33 bits per heavy atom. The zero-order chi connectivity index (χ0) is 10.0. The summed E-state index contributed by atoms with van der Waals surface area (Å²) in [5.74, 6) is 0. The van der Waals surface area contributed by atoms with Crippen LogP contribution in [0.25, 0.3) is 0 Å². The summed E-state index contributed by atoms with van der Waals surface area (Å²) in [4.78, 5) is 0. The van der Waals surface area contributed by atoms with Gasteiger partial charge in [0.25, 0.3) is 0 Å². The molecule has 7 N–H and O–H groups in total. The van der Waals surface area contributed by atoms with Crippen molar-refractivity contribution in [1.29, 1.82) is 0 Å². The maximum absolute atomic E-state index is 6.26. The van der Waals surface area contributed by atoms with Gasteiger partial charge in [0.05, 0.1) is 5.54 Å². The monoisotopic (exact) mass is 203 g/mol. The van der Waals surface area contributed by atoms with Gasteiger partial charge in [-0.15, -0.1) is 0 Å². The van der Waals surface area contributed by atoms with Crippen LogP contribution in [0.5, 0.6) is 0 Å². The number of benzene rings is 1. The summed E-state index contributed by atoms with van der Waals surface area (Å²) in [7, 11) is 0. The van der Waals surface area contributed by atoms with E-state index < -0.39 is 0 Å². The molecule has 0 aliphatic heterocycles. The molecule has 80 valence electrons. The summed E-state index contributed by atoms with van der Waals surface area (Å²) in [6.45, 7) is 0. The molecule has 15 heavy (non-hydrogen) atoms. The topological polar surface area (TPSA) is 87.0 Å². The van der Waals surface area contributed by atoms with Gasteiger partial charge in [-0.3, -0.25) is 0 Å². The predicted octanol–water partition coefficient (Wildman–Crippen LogP) is 1.81. The van der Waals surface area contributed by atoms with Crippen molar-refractivity contribution in [1.82, 2.24) is 6.15 Å². The van der Waals surface area contributed by atoms with Crippen molar-refractivity contribution in [2.45, 2.75) is 12.0 Å². The van der Waals surface area contributed by atoms with Gasteiger partial charge < -0.3 is 17.6 Å². The molecule has 0 spiro atoms. The van der Waals surface area contributed by atoms with Crippen LogP contribution in [-0.4, -0.2) is 0 Å². The third-order valence-electron chi connectivity index (χ3n) is 2.56. The Morgan fingerprint density at radius 2 is 1.80 bits per heavy atom. The van der Waals surface area contributed by atoms with Gasteiger partial charge in [0.15, 0.2) is 0 Å². The third-order valence-corrected chi connectivity index (χ3v) is 2.56. The lowest BCUT2D eigenvalue weighted by Gasteiger charge is -2.27. The van der Waals surface area contributed by atoms with Gasteiger partial charge in [-0.25, -0.2) is 0 Å². The fourth-order valence-electron chi connectivity index (χ4n) is 1.63. The van der Waals surface area contributed by atoms with Crippen molar-refractivity contribution in [3.63, 3.8) is 0 Å². The van der Waals surface area contributed by atoms with E-state index in [-0.39, 0.29) is 11.7 Å². The average molecular weight is 203 g/mol. The Hall–Kier alpha value is -1.58. The first-order valence-electron chi connectivity index (χ1n) is 4.70. The Kier molecular flexibility index (Phi) is 3.29. The van der Waals surface area contributed by atoms with Crippen LogP contribution in [0.2, 0.25) is 0 Å². The lowest BCUT2D eigenvalue weighted by Crippen LogP contribution is -2.35. The van der Waals surface area contributed by atoms with E-state index in [9.17, 15) is 0 Å². The minimum atomic E-state index is -0.385. The molecular weight excluding hydrogens is 186 g/mol. The number of rotatable bonds is 1. The van der Waals surface area contributed by atoms with E-state index in [2.05, 4.69) is 0 Å². The zero-order valence-electron chi connectivity index (χ0n) is 8.69. The molecule has 3 heteroatoms. The Bertz CT molecular complexity index is 381. The summed E-state index contributed by atoms with van der Waals surface area (Å²) in [5.41, 5.74) is 13.4. The first kappa shape index (κ1) is 11.5. The van der Waals surface area contributed by atoms with Crippen molar-refractivity contribution in [3.05, 3.63) is 59.8 Å². The highest BCUT2D eigenvalue weighted by Crippen LogP contribution is 2.27. The van der Waals surface area contributed by atoms with Crippen molar-refractivity contribution in [3.8, 4) is 0 Å². The van der Waals surface area contributed by atoms with Gasteiger partial charge in [0.2, 0.25) is 0 Å². The van der Waals surface area contributed by atoms with Crippen LogP contribution in [0.4, 0.5) is 0 Å². The largest absolute Gasteiger partial charge is 0.399 e. The van der Waals surface area contributed by atoms with Crippen LogP contribution in [-0.2, 0) is 5.54 Å². The molecule has 1 atom stereocenters. The van der Waals surface area contributed by atoms with Crippen LogP contribution >= 0.6 is 0 Å². The van der Waals surface area contributed by atoms with Gasteiger partial charge in [-0.2, -0.15) is 0 Å². The fraction of sp³-hybridized carbons (Fsp3) is 0.167. The summed E-state index contributed by atoms with van der Waals surface area (Å²) in [5, 5.41) is 0. The van der Waals surface area contributed by atoms with Crippen molar-refractivity contribution in [2.75, 3.05) is 0 Å². The van der Waals surface area contributed by atoms with Crippen LogP contribution in [0.3, 0.4) is 0 Å². The van der Waals surface area contributed by atoms with Crippen LogP contribution in [0.1, 0.15) is 12.0 Å². The lowest BCUT2D eigenvalue weighted by atomic mass is 9.84. The summed E-state index contributed by atoms with van der Waals surface area (Å²) >= 11 is 0. The number of hydrogen-bond donors (Lipinski definition) is 3. The molecule has 3 nitrogen and oxygen atoms in total. The minimum Gasteiger partial charge on any atom is -0.399 e. The molecule has 0 saturated carbocycles. The maximum atomic E-state index is 6.26. The highest BCUT2D eigenvalue weighted by atomic mass is 14.7. The van der Waals surface area contributed by atoms with Crippen molar-refractivity contribution < 1.29 is 0 Å². The smallest absolute Gasteiger partial charge is 0.0634 e. The van der Waals surface area contributed by atoms with E-state index in [4.69, 9.17) is 11.5 Å². The molecule has 1 aliphatic rings.